The molecule has 0 amide bonds. The summed E-state index contributed by atoms with van der Waals surface area (Å²) in [5, 5.41) is 0. The molecule has 0 N–H and O–H groups in total. The van der Waals surface area contributed by atoms with Gasteiger partial charge in [0, 0.05) is 0 Å². The highest BCUT2D eigenvalue weighted by Crippen LogP contribution is 2.16. The Bertz CT molecular complexity index is 96.5. The number of hydrogen-bond donors (Lipinski definition) is 0. The molecule has 0 heterocycles. The molecular formula is C4H5F3O2. The summed E-state index contributed by atoms with van der Waals surface area (Å²) in [6.45, 7) is 1.50. The van der Waals surface area contributed by atoms with Gasteiger partial charge in [-0.3, -0.25) is 0 Å². The lowest BCUT2D eigenvalue weighted by atomic mass is 10.7. The molecule has 2 nitrogen and oxygen atoms in total. The maximum atomic E-state index is 11.0. The quantitative estimate of drug-likeness (QED) is 0.333. The molecule has 0 atom stereocenters. The fourth-order valence-corrected chi connectivity index (χ4v) is 0.138. The zero-order valence-electron chi connectivity index (χ0n) is 4.61. The maximum Gasteiger partial charge on any atom is 0.558 e. The summed E-state index contributed by atoms with van der Waals surface area (Å²) in [6, 6.07) is 0. The van der Waals surface area contributed by atoms with Gasteiger partial charge in [0.25, 0.3) is 0 Å². The average molecular weight is 142 g/mol. The van der Waals surface area contributed by atoms with E-state index in [2.05, 4.69) is 9.78 Å². The van der Waals surface area contributed by atoms with Crippen molar-refractivity contribution in [2.24, 2.45) is 0 Å². The molecular weight excluding hydrogens is 137 g/mol. The van der Waals surface area contributed by atoms with Crippen molar-refractivity contribution in [1.29, 1.82) is 0 Å². The molecule has 0 rings (SSSR count). The van der Waals surface area contributed by atoms with Crippen LogP contribution in [0.4, 0.5) is 13.2 Å². The number of alkyl halides is 3. The summed E-state index contributed by atoms with van der Waals surface area (Å²) in [5.41, 5.74) is 0. The van der Waals surface area contributed by atoms with Crippen molar-refractivity contribution in [3.05, 3.63) is 12.3 Å². The van der Waals surface area contributed by atoms with Crippen LogP contribution in [0.1, 0.15) is 6.92 Å². The summed E-state index contributed by atoms with van der Waals surface area (Å²) in [6.07, 6.45) is -2.67. The Morgan fingerprint density at radius 3 is 2.22 bits per heavy atom. The fraction of sp³-hybridized carbons (Fsp3) is 0.500. The van der Waals surface area contributed by atoms with Crippen LogP contribution in [0.2, 0.25) is 0 Å². The standard InChI is InChI=1S/C4H5F3O2/c1-2-3-8-9-4(5,6)7/h2-3H,1H3. The van der Waals surface area contributed by atoms with Gasteiger partial charge in [-0.1, -0.05) is 4.89 Å². The third kappa shape index (κ3) is 7.29. The number of rotatable bonds is 2. The molecule has 0 radical (unpaired) electrons. The normalized spacial score (nSPS) is 12.4. The zero-order chi connectivity index (χ0) is 7.33. The molecule has 0 aliphatic rings. The smallest absolute Gasteiger partial charge is 0.338 e. The van der Waals surface area contributed by atoms with Gasteiger partial charge >= 0.3 is 6.36 Å². The third-order valence-corrected chi connectivity index (χ3v) is 0.334. The lowest BCUT2D eigenvalue weighted by molar-refractivity contribution is -0.464. The molecule has 0 unspecified atom stereocenters. The minimum absolute atomic E-state index is 0.785. The Labute approximate surface area is 49.8 Å². The van der Waals surface area contributed by atoms with Crippen LogP contribution in [0.3, 0.4) is 0 Å². The van der Waals surface area contributed by atoms with Crippen LogP contribution in [0.25, 0.3) is 0 Å². The van der Waals surface area contributed by atoms with Gasteiger partial charge in [-0.05, 0) is 13.0 Å². The van der Waals surface area contributed by atoms with E-state index < -0.39 is 6.36 Å². The van der Waals surface area contributed by atoms with Gasteiger partial charge in [0.2, 0.25) is 0 Å². The van der Waals surface area contributed by atoms with Crippen LogP contribution >= 0.6 is 0 Å². The molecule has 0 aromatic rings. The van der Waals surface area contributed by atoms with Crippen molar-refractivity contribution in [2.75, 3.05) is 0 Å². The van der Waals surface area contributed by atoms with Crippen molar-refractivity contribution in [2.45, 2.75) is 13.3 Å². The second-order valence-corrected chi connectivity index (χ2v) is 1.09. The van der Waals surface area contributed by atoms with Crippen LogP contribution in [-0.4, -0.2) is 6.36 Å². The highest BCUT2D eigenvalue weighted by Gasteiger charge is 2.31. The Morgan fingerprint density at radius 1 is 1.33 bits per heavy atom. The summed E-state index contributed by atoms with van der Waals surface area (Å²) >= 11 is 0. The van der Waals surface area contributed by atoms with Gasteiger partial charge in [-0.2, -0.15) is 0 Å². The van der Waals surface area contributed by atoms with E-state index >= 15 is 0 Å². The van der Waals surface area contributed by atoms with E-state index in [4.69, 9.17) is 0 Å². The van der Waals surface area contributed by atoms with E-state index in [0.717, 1.165) is 6.26 Å². The summed E-state index contributed by atoms with van der Waals surface area (Å²) in [5.74, 6) is 0. The third-order valence-electron chi connectivity index (χ3n) is 0.334. The van der Waals surface area contributed by atoms with E-state index in [9.17, 15) is 13.2 Å². The molecule has 54 valence electrons. The zero-order valence-corrected chi connectivity index (χ0v) is 4.61. The highest BCUT2D eigenvalue weighted by atomic mass is 19.4. The van der Waals surface area contributed by atoms with Gasteiger partial charge in [-0.15, -0.1) is 13.2 Å². The Balaban J connectivity index is 3.28. The van der Waals surface area contributed by atoms with Crippen molar-refractivity contribution < 1.29 is 22.9 Å². The van der Waals surface area contributed by atoms with Gasteiger partial charge in [0.15, 0.2) is 0 Å². The van der Waals surface area contributed by atoms with Gasteiger partial charge < -0.3 is 4.89 Å². The van der Waals surface area contributed by atoms with Crippen LogP contribution < -0.4 is 0 Å². The molecule has 0 saturated heterocycles. The Hall–Kier alpha value is -0.710. The SMILES string of the molecule is CC=COOC(F)(F)F. The summed E-state index contributed by atoms with van der Waals surface area (Å²) in [4.78, 5) is 6.42. The molecule has 0 aliphatic carbocycles. The summed E-state index contributed by atoms with van der Waals surface area (Å²) < 4.78 is 33.0. The van der Waals surface area contributed by atoms with Crippen molar-refractivity contribution in [3.8, 4) is 0 Å². The van der Waals surface area contributed by atoms with Crippen molar-refractivity contribution in [1.82, 2.24) is 0 Å². The van der Waals surface area contributed by atoms with E-state index in [1.54, 1.807) is 0 Å². The first-order valence-electron chi connectivity index (χ1n) is 2.08. The van der Waals surface area contributed by atoms with Gasteiger partial charge in [0.1, 0.15) is 6.26 Å². The highest BCUT2D eigenvalue weighted by molar-refractivity contribution is 4.62. The van der Waals surface area contributed by atoms with E-state index in [1.807, 2.05) is 0 Å². The van der Waals surface area contributed by atoms with Crippen LogP contribution in [0, 0.1) is 0 Å². The summed E-state index contributed by atoms with van der Waals surface area (Å²) in [7, 11) is 0. The first-order valence-corrected chi connectivity index (χ1v) is 2.08. The molecule has 0 fully saturated rings. The number of hydrogen-bond acceptors (Lipinski definition) is 2. The molecule has 9 heavy (non-hydrogen) atoms. The van der Waals surface area contributed by atoms with Crippen molar-refractivity contribution in [3.63, 3.8) is 0 Å². The largest absolute Gasteiger partial charge is 0.558 e. The first kappa shape index (κ1) is 8.29. The van der Waals surface area contributed by atoms with Gasteiger partial charge in [-0.25, -0.2) is 0 Å². The topological polar surface area (TPSA) is 18.5 Å². The first-order chi connectivity index (χ1) is 4.06. The lowest BCUT2D eigenvalue weighted by Crippen LogP contribution is -2.11. The number of allylic oxidation sites excluding steroid dienone is 1. The monoisotopic (exact) mass is 142 g/mol. The number of halogens is 3. The predicted molar refractivity (Wildman–Crippen MR) is 23.0 cm³/mol. The van der Waals surface area contributed by atoms with Gasteiger partial charge in [0.05, 0.1) is 0 Å². The average Bonchev–Trinajstić information content (AvgIpc) is 1.63. The molecule has 0 aromatic carbocycles. The molecule has 0 spiro atoms. The Kier molecular flexibility index (Phi) is 3.08. The second kappa shape index (κ2) is 3.34. The van der Waals surface area contributed by atoms with Crippen LogP contribution in [0.15, 0.2) is 12.3 Å². The lowest BCUT2D eigenvalue weighted by Gasteiger charge is -2.01. The fourth-order valence-electron chi connectivity index (χ4n) is 0.138. The molecule has 0 aliphatic heterocycles. The predicted octanol–water partition coefficient (Wildman–Crippen LogP) is 1.99. The minimum atomic E-state index is -4.72. The van der Waals surface area contributed by atoms with E-state index in [1.165, 1.54) is 13.0 Å². The minimum Gasteiger partial charge on any atom is -0.338 e. The maximum absolute atomic E-state index is 11.0. The molecule has 0 aromatic heterocycles. The van der Waals surface area contributed by atoms with E-state index in [0.29, 0.717) is 0 Å². The Morgan fingerprint density at radius 2 is 1.89 bits per heavy atom. The van der Waals surface area contributed by atoms with Crippen molar-refractivity contribution >= 4 is 0 Å². The van der Waals surface area contributed by atoms with E-state index in [-0.39, 0.29) is 0 Å². The molecule has 0 bridgehead atoms. The second-order valence-electron chi connectivity index (χ2n) is 1.09. The molecule has 0 saturated carbocycles. The van der Waals surface area contributed by atoms with Crippen LogP contribution in [0.5, 0.6) is 0 Å². The van der Waals surface area contributed by atoms with Crippen LogP contribution in [-0.2, 0) is 9.78 Å². The molecule has 5 heteroatoms.